The Kier molecular flexibility index (Phi) is 3.45. The lowest BCUT2D eigenvalue weighted by molar-refractivity contribution is 0.621. The zero-order chi connectivity index (χ0) is 12.4. The van der Waals surface area contributed by atoms with E-state index < -0.39 is 0 Å². The van der Waals surface area contributed by atoms with Crippen LogP contribution in [0.1, 0.15) is 25.7 Å². The lowest BCUT2D eigenvalue weighted by Crippen LogP contribution is -2.37. The van der Waals surface area contributed by atoms with Gasteiger partial charge in [0.25, 0.3) is 0 Å². The molecule has 3 heterocycles. The first kappa shape index (κ1) is 11.9. The maximum Gasteiger partial charge on any atom is 0.203 e. The quantitative estimate of drug-likeness (QED) is 0.798. The summed E-state index contributed by atoms with van der Waals surface area (Å²) in [6.45, 7) is 1.05. The molecule has 1 saturated heterocycles. The van der Waals surface area contributed by atoms with Crippen molar-refractivity contribution in [3.63, 3.8) is 0 Å². The van der Waals surface area contributed by atoms with E-state index in [1.165, 1.54) is 25.7 Å². The zero-order valence-corrected chi connectivity index (χ0v) is 11.8. The van der Waals surface area contributed by atoms with Crippen molar-refractivity contribution < 1.29 is 0 Å². The second kappa shape index (κ2) is 5.22. The number of rotatable bonds is 2. The summed E-state index contributed by atoms with van der Waals surface area (Å²) in [6.07, 6.45) is 10.5. The molecule has 96 valence electrons. The van der Waals surface area contributed by atoms with Gasteiger partial charge in [0.15, 0.2) is 5.82 Å². The zero-order valence-electron chi connectivity index (χ0n) is 10.2. The average Bonchev–Trinajstić information content (AvgIpc) is 2.76. The van der Waals surface area contributed by atoms with Crippen LogP contribution in [0.25, 0.3) is 5.65 Å². The highest BCUT2D eigenvalue weighted by atomic mass is 79.9. The Morgan fingerprint density at radius 1 is 1.33 bits per heavy atom. The molecular weight excluding hydrogens is 294 g/mol. The summed E-state index contributed by atoms with van der Waals surface area (Å²) in [7, 11) is 0. The molecule has 1 fully saturated rings. The van der Waals surface area contributed by atoms with Crippen LogP contribution >= 0.6 is 15.9 Å². The van der Waals surface area contributed by atoms with Crippen molar-refractivity contribution in [3.05, 3.63) is 18.7 Å². The standard InChI is InChI=1S/C12H16BrN5/c13-8-10-4-2-1-3-6-18(10)11-12-16-15-9-17(12)7-5-14-11/h5,7,9-10H,1-4,6,8H2. The predicted molar refractivity (Wildman–Crippen MR) is 74.2 cm³/mol. The highest BCUT2D eigenvalue weighted by molar-refractivity contribution is 9.09. The molecule has 5 nitrogen and oxygen atoms in total. The van der Waals surface area contributed by atoms with Crippen molar-refractivity contribution in [3.8, 4) is 0 Å². The fraction of sp³-hybridized carbons (Fsp3) is 0.583. The first-order chi connectivity index (χ1) is 8.90. The Morgan fingerprint density at radius 2 is 2.28 bits per heavy atom. The van der Waals surface area contributed by atoms with Crippen LogP contribution in [0.15, 0.2) is 18.7 Å². The number of fused-ring (bicyclic) bond motifs is 1. The fourth-order valence-corrected chi connectivity index (χ4v) is 3.24. The average molecular weight is 310 g/mol. The monoisotopic (exact) mass is 309 g/mol. The third kappa shape index (κ3) is 2.09. The Labute approximate surface area is 114 Å². The largest absolute Gasteiger partial charge is 0.350 e. The number of anilines is 1. The van der Waals surface area contributed by atoms with E-state index in [4.69, 9.17) is 0 Å². The number of alkyl halides is 1. The number of halogens is 1. The Hall–Kier alpha value is -1.17. The van der Waals surface area contributed by atoms with Gasteiger partial charge in [0.2, 0.25) is 5.65 Å². The van der Waals surface area contributed by atoms with Gasteiger partial charge in [-0.15, -0.1) is 10.2 Å². The highest BCUT2D eigenvalue weighted by Crippen LogP contribution is 2.25. The molecule has 1 atom stereocenters. The Morgan fingerprint density at radius 3 is 3.17 bits per heavy atom. The molecule has 2 aromatic heterocycles. The van der Waals surface area contributed by atoms with Gasteiger partial charge in [0.1, 0.15) is 6.33 Å². The molecule has 18 heavy (non-hydrogen) atoms. The summed E-state index contributed by atoms with van der Waals surface area (Å²) >= 11 is 3.63. The number of hydrogen-bond donors (Lipinski definition) is 0. The van der Waals surface area contributed by atoms with Crippen molar-refractivity contribution in [2.75, 3.05) is 16.8 Å². The van der Waals surface area contributed by atoms with Gasteiger partial charge in [-0.05, 0) is 12.8 Å². The molecule has 0 saturated carbocycles. The first-order valence-corrected chi connectivity index (χ1v) is 7.49. The molecule has 0 aromatic carbocycles. The minimum absolute atomic E-state index is 0.503. The number of aromatic nitrogens is 4. The van der Waals surface area contributed by atoms with Crippen molar-refractivity contribution in [2.45, 2.75) is 31.7 Å². The minimum Gasteiger partial charge on any atom is -0.350 e. The summed E-state index contributed by atoms with van der Waals surface area (Å²) in [6, 6.07) is 0.503. The van der Waals surface area contributed by atoms with Crippen LogP contribution in [0.2, 0.25) is 0 Å². The highest BCUT2D eigenvalue weighted by Gasteiger charge is 2.23. The van der Waals surface area contributed by atoms with Crippen LogP contribution < -0.4 is 4.90 Å². The molecular formula is C12H16BrN5. The SMILES string of the molecule is BrCC1CCCCCN1c1nccn2cnnc12. The molecule has 0 N–H and O–H groups in total. The van der Waals surface area contributed by atoms with E-state index >= 15 is 0 Å². The normalized spacial score (nSPS) is 21.2. The van der Waals surface area contributed by atoms with Crippen LogP contribution in [0.4, 0.5) is 5.82 Å². The van der Waals surface area contributed by atoms with Crippen molar-refractivity contribution in [1.82, 2.24) is 19.6 Å². The predicted octanol–water partition coefficient (Wildman–Crippen LogP) is 2.27. The maximum atomic E-state index is 4.52. The molecule has 1 aliphatic heterocycles. The molecule has 0 amide bonds. The molecule has 1 aliphatic rings. The second-order valence-electron chi connectivity index (χ2n) is 4.66. The number of hydrogen-bond acceptors (Lipinski definition) is 4. The van der Waals surface area contributed by atoms with Gasteiger partial charge in [0, 0.05) is 30.3 Å². The van der Waals surface area contributed by atoms with Gasteiger partial charge < -0.3 is 4.90 Å². The van der Waals surface area contributed by atoms with E-state index in [2.05, 4.69) is 36.0 Å². The van der Waals surface area contributed by atoms with Gasteiger partial charge in [-0.2, -0.15) is 0 Å². The summed E-state index contributed by atoms with van der Waals surface area (Å²) in [4.78, 5) is 6.91. The molecule has 6 heteroatoms. The lowest BCUT2D eigenvalue weighted by atomic mass is 10.1. The van der Waals surface area contributed by atoms with Gasteiger partial charge in [0.05, 0.1) is 0 Å². The first-order valence-electron chi connectivity index (χ1n) is 6.37. The van der Waals surface area contributed by atoms with E-state index in [1.54, 1.807) is 6.33 Å². The molecule has 1 unspecified atom stereocenters. The smallest absolute Gasteiger partial charge is 0.203 e. The summed E-state index contributed by atoms with van der Waals surface area (Å²) in [5.74, 6) is 0.960. The maximum absolute atomic E-state index is 4.52. The minimum atomic E-state index is 0.503. The van der Waals surface area contributed by atoms with Crippen LogP contribution in [0.5, 0.6) is 0 Å². The third-order valence-electron chi connectivity index (χ3n) is 3.52. The van der Waals surface area contributed by atoms with E-state index in [-0.39, 0.29) is 0 Å². The summed E-state index contributed by atoms with van der Waals surface area (Å²) in [5.41, 5.74) is 0.852. The summed E-state index contributed by atoms with van der Waals surface area (Å²) in [5, 5.41) is 9.13. The third-order valence-corrected chi connectivity index (χ3v) is 4.27. The topological polar surface area (TPSA) is 46.3 Å². The molecule has 2 aromatic rings. The van der Waals surface area contributed by atoms with E-state index in [0.717, 1.165) is 23.3 Å². The van der Waals surface area contributed by atoms with Crippen molar-refractivity contribution >= 4 is 27.4 Å². The van der Waals surface area contributed by atoms with Gasteiger partial charge in [-0.1, -0.05) is 28.8 Å². The van der Waals surface area contributed by atoms with E-state index in [9.17, 15) is 0 Å². The van der Waals surface area contributed by atoms with Gasteiger partial charge >= 0.3 is 0 Å². The molecule has 0 spiro atoms. The van der Waals surface area contributed by atoms with Crippen LogP contribution in [0, 0.1) is 0 Å². The molecule has 3 rings (SSSR count). The van der Waals surface area contributed by atoms with Gasteiger partial charge in [-0.3, -0.25) is 4.40 Å². The lowest BCUT2D eigenvalue weighted by Gasteiger charge is -2.29. The molecule has 0 radical (unpaired) electrons. The van der Waals surface area contributed by atoms with Crippen molar-refractivity contribution in [2.24, 2.45) is 0 Å². The van der Waals surface area contributed by atoms with Crippen molar-refractivity contribution in [1.29, 1.82) is 0 Å². The molecule has 0 bridgehead atoms. The Balaban J connectivity index is 2.02. The van der Waals surface area contributed by atoms with Crippen LogP contribution in [0.3, 0.4) is 0 Å². The van der Waals surface area contributed by atoms with E-state index in [1.807, 2.05) is 16.8 Å². The Bertz CT molecular complexity index is 526. The van der Waals surface area contributed by atoms with E-state index in [0.29, 0.717) is 6.04 Å². The number of nitrogens with zero attached hydrogens (tertiary/aromatic N) is 5. The second-order valence-corrected chi connectivity index (χ2v) is 5.31. The fourth-order valence-electron chi connectivity index (χ4n) is 2.56. The van der Waals surface area contributed by atoms with Crippen LogP contribution in [-0.2, 0) is 0 Å². The molecule has 0 aliphatic carbocycles. The summed E-state index contributed by atoms with van der Waals surface area (Å²) < 4.78 is 1.93. The van der Waals surface area contributed by atoms with Crippen LogP contribution in [-0.4, -0.2) is 37.5 Å². The van der Waals surface area contributed by atoms with Gasteiger partial charge in [-0.25, -0.2) is 4.98 Å².